The number of esters is 1. The van der Waals surface area contributed by atoms with Gasteiger partial charge < -0.3 is 10.1 Å². The second-order valence-corrected chi connectivity index (χ2v) is 3.85. The molecule has 0 saturated heterocycles. The van der Waals surface area contributed by atoms with E-state index in [0.717, 1.165) is 6.07 Å². The van der Waals surface area contributed by atoms with E-state index in [-0.39, 0.29) is 12.2 Å². The van der Waals surface area contributed by atoms with Gasteiger partial charge in [0.1, 0.15) is 0 Å². The first kappa shape index (κ1) is 14.3. The van der Waals surface area contributed by atoms with Gasteiger partial charge in [0.2, 0.25) is 0 Å². The van der Waals surface area contributed by atoms with E-state index < -0.39 is 23.6 Å². The molecule has 0 amide bonds. The Hall–Kier alpha value is -1.72. The number of nitrogens with one attached hydrogen (secondary N) is 1. The number of anilines is 1. The average molecular weight is 261 g/mol. The van der Waals surface area contributed by atoms with E-state index in [1.54, 1.807) is 6.92 Å². The maximum absolute atomic E-state index is 12.7. The van der Waals surface area contributed by atoms with Crippen LogP contribution >= 0.6 is 0 Å². The first-order chi connectivity index (χ1) is 8.36. The lowest BCUT2D eigenvalue weighted by atomic mass is 10.1. The van der Waals surface area contributed by atoms with Crippen LogP contribution in [-0.4, -0.2) is 19.6 Å². The molecule has 0 fully saturated rings. The predicted molar refractivity (Wildman–Crippen MR) is 61.1 cm³/mol. The molecule has 18 heavy (non-hydrogen) atoms. The summed E-state index contributed by atoms with van der Waals surface area (Å²) in [5, 5.41) is 2.61. The van der Waals surface area contributed by atoms with Crippen LogP contribution in [-0.2, 0) is 15.7 Å². The summed E-state index contributed by atoms with van der Waals surface area (Å²) < 4.78 is 42.5. The van der Waals surface area contributed by atoms with Crippen molar-refractivity contribution in [2.45, 2.75) is 13.1 Å². The molecule has 1 aromatic carbocycles. The second-order valence-electron chi connectivity index (χ2n) is 3.85. The minimum Gasteiger partial charge on any atom is -0.469 e. The van der Waals surface area contributed by atoms with Gasteiger partial charge in [0, 0.05) is 12.2 Å². The Morgan fingerprint density at radius 3 is 2.56 bits per heavy atom. The molecule has 0 aliphatic carbocycles. The van der Waals surface area contributed by atoms with Gasteiger partial charge in [-0.1, -0.05) is 19.1 Å². The Bertz CT molecular complexity index is 418. The van der Waals surface area contributed by atoms with Gasteiger partial charge in [0.15, 0.2) is 0 Å². The minimum atomic E-state index is -4.42. The Kier molecular flexibility index (Phi) is 4.58. The smallest absolute Gasteiger partial charge is 0.418 e. The van der Waals surface area contributed by atoms with Gasteiger partial charge in [-0.25, -0.2) is 0 Å². The maximum atomic E-state index is 12.7. The maximum Gasteiger partial charge on any atom is 0.418 e. The first-order valence-corrected chi connectivity index (χ1v) is 5.34. The molecule has 1 aromatic rings. The van der Waals surface area contributed by atoms with E-state index in [1.165, 1.54) is 25.3 Å². The van der Waals surface area contributed by atoms with Crippen LogP contribution in [0.5, 0.6) is 0 Å². The quantitative estimate of drug-likeness (QED) is 0.847. The van der Waals surface area contributed by atoms with Crippen molar-refractivity contribution in [2.75, 3.05) is 19.0 Å². The molecular formula is C12H14F3NO2. The van der Waals surface area contributed by atoms with Gasteiger partial charge in [-0.2, -0.15) is 13.2 Å². The van der Waals surface area contributed by atoms with Gasteiger partial charge in [-0.3, -0.25) is 4.79 Å². The van der Waals surface area contributed by atoms with Crippen molar-refractivity contribution in [1.29, 1.82) is 0 Å². The van der Waals surface area contributed by atoms with Crippen molar-refractivity contribution in [1.82, 2.24) is 0 Å². The Morgan fingerprint density at radius 2 is 2.00 bits per heavy atom. The predicted octanol–water partition coefficient (Wildman–Crippen LogP) is 2.93. The van der Waals surface area contributed by atoms with Crippen LogP contribution < -0.4 is 5.32 Å². The van der Waals surface area contributed by atoms with Crippen LogP contribution in [0, 0.1) is 5.92 Å². The Balaban J connectivity index is 2.77. The number of alkyl halides is 3. The third-order valence-electron chi connectivity index (χ3n) is 2.43. The number of methoxy groups -OCH3 is 1. The molecule has 1 atom stereocenters. The molecule has 0 aliphatic heterocycles. The van der Waals surface area contributed by atoms with E-state index in [4.69, 9.17) is 0 Å². The van der Waals surface area contributed by atoms with Crippen LogP contribution in [0.4, 0.5) is 18.9 Å². The van der Waals surface area contributed by atoms with Crippen molar-refractivity contribution in [3.63, 3.8) is 0 Å². The molecule has 1 unspecified atom stereocenters. The van der Waals surface area contributed by atoms with E-state index >= 15 is 0 Å². The molecule has 6 heteroatoms. The SMILES string of the molecule is COC(=O)C(C)CNc1ccccc1C(F)(F)F. The molecule has 0 aromatic heterocycles. The van der Waals surface area contributed by atoms with Gasteiger partial charge in [0.05, 0.1) is 18.6 Å². The van der Waals surface area contributed by atoms with Crippen LogP contribution in [0.15, 0.2) is 24.3 Å². The number of hydrogen-bond donors (Lipinski definition) is 1. The van der Waals surface area contributed by atoms with Gasteiger partial charge in [-0.15, -0.1) is 0 Å². The normalized spacial score (nSPS) is 12.9. The lowest BCUT2D eigenvalue weighted by Gasteiger charge is -2.16. The molecule has 0 heterocycles. The van der Waals surface area contributed by atoms with E-state index in [9.17, 15) is 18.0 Å². The molecule has 100 valence electrons. The van der Waals surface area contributed by atoms with Crippen molar-refractivity contribution in [3.8, 4) is 0 Å². The zero-order chi connectivity index (χ0) is 13.8. The first-order valence-electron chi connectivity index (χ1n) is 5.34. The number of carbonyl (C=O) groups is 1. The van der Waals surface area contributed by atoms with Crippen LogP contribution in [0.25, 0.3) is 0 Å². The second kappa shape index (κ2) is 5.75. The molecule has 0 radical (unpaired) electrons. The summed E-state index contributed by atoms with van der Waals surface area (Å²) in [5.41, 5.74) is -0.789. The molecule has 0 bridgehead atoms. The highest BCUT2D eigenvalue weighted by Gasteiger charge is 2.33. The summed E-state index contributed by atoms with van der Waals surface area (Å²) in [6.07, 6.45) is -4.42. The molecule has 3 nitrogen and oxygen atoms in total. The zero-order valence-electron chi connectivity index (χ0n) is 10.0. The largest absolute Gasteiger partial charge is 0.469 e. The fourth-order valence-corrected chi connectivity index (χ4v) is 1.43. The van der Waals surface area contributed by atoms with Crippen LogP contribution in [0.3, 0.4) is 0 Å². The molecule has 0 saturated carbocycles. The third kappa shape index (κ3) is 3.65. The summed E-state index contributed by atoms with van der Waals surface area (Å²) >= 11 is 0. The summed E-state index contributed by atoms with van der Waals surface area (Å²) in [6.45, 7) is 1.66. The summed E-state index contributed by atoms with van der Waals surface area (Å²) in [6, 6.07) is 5.14. The highest BCUT2D eigenvalue weighted by molar-refractivity contribution is 5.72. The lowest BCUT2D eigenvalue weighted by Crippen LogP contribution is -2.22. The number of ether oxygens (including phenoxy) is 1. The third-order valence-corrected chi connectivity index (χ3v) is 2.43. The zero-order valence-corrected chi connectivity index (χ0v) is 10.0. The fraction of sp³-hybridized carbons (Fsp3) is 0.417. The summed E-state index contributed by atoms with van der Waals surface area (Å²) in [7, 11) is 1.24. The molecule has 1 N–H and O–H groups in total. The van der Waals surface area contributed by atoms with E-state index in [2.05, 4.69) is 10.1 Å². The molecule has 0 aliphatic rings. The number of hydrogen-bond acceptors (Lipinski definition) is 3. The highest BCUT2D eigenvalue weighted by Crippen LogP contribution is 2.34. The highest BCUT2D eigenvalue weighted by atomic mass is 19.4. The summed E-state index contributed by atoms with van der Waals surface area (Å²) in [4.78, 5) is 11.1. The van der Waals surface area contributed by atoms with E-state index in [1.807, 2.05) is 0 Å². The average Bonchev–Trinajstić information content (AvgIpc) is 2.34. The Labute approximate surface area is 103 Å². The topological polar surface area (TPSA) is 38.3 Å². The van der Waals surface area contributed by atoms with Gasteiger partial charge in [0.25, 0.3) is 0 Å². The lowest BCUT2D eigenvalue weighted by molar-refractivity contribution is -0.144. The van der Waals surface area contributed by atoms with Crippen molar-refractivity contribution < 1.29 is 22.7 Å². The van der Waals surface area contributed by atoms with Crippen molar-refractivity contribution in [3.05, 3.63) is 29.8 Å². The van der Waals surface area contributed by atoms with Gasteiger partial charge in [-0.05, 0) is 12.1 Å². The number of halogens is 3. The molecular weight excluding hydrogens is 247 g/mol. The van der Waals surface area contributed by atoms with Crippen molar-refractivity contribution >= 4 is 11.7 Å². The Morgan fingerprint density at radius 1 is 1.39 bits per heavy atom. The number of para-hydroxylation sites is 1. The van der Waals surface area contributed by atoms with Gasteiger partial charge >= 0.3 is 12.1 Å². The monoisotopic (exact) mass is 261 g/mol. The molecule has 0 spiro atoms. The fourth-order valence-electron chi connectivity index (χ4n) is 1.43. The van der Waals surface area contributed by atoms with Crippen LogP contribution in [0.1, 0.15) is 12.5 Å². The number of benzene rings is 1. The van der Waals surface area contributed by atoms with E-state index in [0.29, 0.717) is 0 Å². The number of rotatable bonds is 4. The summed E-state index contributed by atoms with van der Waals surface area (Å²) in [5.74, 6) is -0.983. The van der Waals surface area contributed by atoms with Crippen LogP contribution in [0.2, 0.25) is 0 Å². The standard InChI is InChI=1S/C12H14F3NO2/c1-8(11(17)18-2)7-16-10-6-4-3-5-9(10)12(13,14)15/h3-6,8,16H,7H2,1-2H3. The molecule has 1 rings (SSSR count). The minimum absolute atomic E-state index is 0.0410. The number of carbonyl (C=O) groups excluding carboxylic acids is 1. The van der Waals surface area contributed by atoms with Crippen molar-refractivity contribution in [2.24, 2.45) is 5.92 Å².